The maximum Gasteiger partial charge on any atom is 0.162 e. The molecule has 0 fully saturated rings. The standard InChI is InChI=1S/C17H18ClNO/c1-3-17(20)13-8-10-14(11-9-13)19-12(2)15-6-4-5-7-16(15)18/h4-12,19H,3H2,1-2H3. The Bertz CT molecular complexity index is 592. The van der Waals surface area contributed by atoms with Crippen molar-refractivity contribution in [1.29, 1.82) is 0 Å². The van der Waals surface area contributed by atoms with Crippen LogP contribution in [0.4, 0.5) is 5.69 Å². The van der Waals surface area contributed by atoms with Crippen LogP contribution in [0.5, 0.6) is 0 Å². The molecule has 2 nitrogen and oxygen atoms in total. The molecule has 2 rings (SSSR count). The lowest BCUT2D eigenvalue weighted by atomic mass is 10.1. The van der Waals surface area contributed by atoms with E-state index in [1.807, 2.05) is 55.5 Å². The molecule has 0 saturated heterocycles. The van der Waals surface area contributed by atoms with Gasteiger partial charge in [0.2, 0.25) is 0 Å². The van der Waals surface area contributed by atoms with Crippen LogP contribution in [0, 0.1) is 0 Å². The SMILES string of the molecule is CCC(=O)c1ccc(NC(C)c2ccccc2Cl)cc1. The number of rotatable bonds is 5. The summed E-state index contributed by atoms with van der Waals surface area (Å²) in [5, 5.41) is 4.14. The molecule has 1 N–H and O–H groups in total. The molecule has 0 aliphatic rings. The highest BCUT2D eigenvalue weighted by atomic mass is 35.5. The molecule has 2 aromatic carbocycles. The van der Waals surface area contributed by atoms with E-state index in [0.717, 1.165) is 21.8 Å². The number of anilines is 1. The predicted molar refractivity (Wildman–Crippen MR) is 84.6 cm³/mol. The van der Waals surface area contributed by atoms with Crippen molar-refractivity contribution in [1.82, 2.24) is 0 Å². The fourth-order valence-electron chi connectivity index (χ4n) is 2.11. The third-order valence-electron chi connectivity index (χ3n) is 3.28. The summed E-state index contributed by atoms with van der Waals surface area (Å²) in [6.45, 7) is 3.93. The first-order valence-corrected chi connectivity index (χ1v) is 7.14. The van der Waals surface area contributed by atoms with Crippen LogP contribution >= 0.6 is 11.6 Å². The Kier molecular flexibility index (Phi) is 4.80. The Balaban J connectivity index is 2.10. The lowest BCUT2D eigenvalue weighted by Crippen LogP contribution is -2.07. The summed E-state index contributed by atoms with van der Waals surface area (Å²) in [5.41, 5.74) is 2.79. The molecule has 0 amide bonds. The highest BCUT2D eigenvalue weighted by Crippen LogP contribution is 2.25. The second-order valence-corrected chi connectivity index (χ2v) is 5.15. The first-order chi connectivity index (χ1) is 9.61. The molecular weight excluding hydrogens is 270 g/mol. The zero-order valence-corrected chi connectivity index (χ0v) is 12.4. The van der Waals surface area contributed by atoms with Crippen molar-refractivity contribution in [2.24, 2.45) is 0 Å². The van der Waals surface area contributed by atoms with E-state index < -0.39 is 0 Å². The minimum Gasteiger partial charge on any atom is -0.378 e. The fourth-order valence-corrected chi connectivity index (χ4v) is 2.41. The van der Waals surface area contributed by atoms with Crippen LogP contribution in [-0.4, -0.2) is 5.78 Å². The number of carbonyl (C=O) groups excluding carboxylic acids is 1. The molecule has 0 bridgehead atoms. The lowest BCUT2D eigenvalue weighted by molar-refractivity contribution is 0.0988. The van der Waals surface area contributed by atoms with Crippen molar-refractivity contribution in [3.8, 4) is 0 Å². The normalized spacial score (nSPS) is 11.9. The number of hydrogen-bond donors (Lipinski definition) is 1. The molecule has 0 heterocycles. The lowest BCUT2D eigenvalue weighted by Gasteiger charge is -2.17. The fraction of sp³-hybridized carbons (Fsp3) is 0.235. The van der Waals surface area contributed by atoms with E-state index in [0.29, 0.717) is 6.42 Å². The Hall–Kier alpha value is -1.80. The van der Waals surface area contributed by atoms with Gasteiger partial charge in [-0.3, -0.25) is 4.79 Å². The van der Waals surface area contributed by atoms with Gasteiger partial charge < -0.3 is 5.32 Å². The molecule has 0 aliphatic carbocycles. The van der Waals surface area contributed by atoms with Crippen molar-refractivity contribution >= 4 is 23.1 Å². The van der Waals surface area contributed by atoms with Gasteiger partial charge in [-0.05, 0) is 42.8 Å². The minimum atomic E-state index is 0.108. The van der Waals surface area contributed by atoms with E-state index in [4.69, 9.17) is 11.6 Å². The zero-order chi connectivity index (χ0) is 14.5. The summed E-state index contributed by atoms with van der Waals surface area (Å²) in [5.74, 6) is 0.163. The predicted octanol–water partition coefficient (Wildman–Crippen LogP) is 5.11. The van der Waals surface area contributed by atoms with Gasteiger partial charge in [0, 0.05) is 28.7 Å². The number of hydrogen-bond acceptors (Lipinski definition) is 2. The summed E-state index contributed by atoms with van der Waals surface area (Å²) in [6, 6.07) is 15.5. The number of ketones is 1. The largest absolute Gasteiger partial charge is 0.378 e. The molecule has 1 atom stereocenters. The number of nitrogens with one attached hydrogen (secondary N) is 1. The van der Waals surface area contributed by atoms with E-state index in [1.165, 1.54) is 0 Å². The summed E-state index contributed by atoms with van der Waals surface area (Å²) in [4.78, 5) is 11.6. The van der Waals surface area contributed by atoms with E-state index in [2.05, 4.69) is 12.2 Å². The van der Waals surface area contributed by atoms with Crippen molar-refractivity contribution in [2.45, 2.75) is 26.3 Å². The smallest absolute Gasteiger partial charge is 0.162 e. The number of Topliss-reactive ketones (excluding diaryl/α,β-unsaturated/α-hetero) is 1. The molecule has 0 saturated carbocycles. The average molecular weight is 288 g/mol. The molecule has 104 valence electrons. The highest BCUT2D eigenvalue weighted by Gasteiger charge is 2.09. The third-order valence-corrected chi connectivity index (χ3v) is 3.63. The number of carbonyl (C=O) groups is 1. The van der Waals surface area contributed by atoms with Gasteiger partial charge >= 0.3 is 0 Å². The van der Waals surface area contributed by atoms with E-state index in [-0.39, 0.29) is 11.8 Å². The molecular formula is C17H18ClNO. The Morgan fingerprint density at radius 2 is 1.80 bits per heavy atom. The average Bonchev–Trinajstić information content (AvgIpc) is 2.47. The first kappa shape index (κ1) is 14.6. The highest BCUT2D eigenvalue weighted by molar-refractivity contribution is 6.31. The van der Waals surface area contributed by atoms with Crippen LogP contribution in [0.1, 0.15) is 42.2 Å². The van der Waals surface area contributed by atoms with Gasteiger partial charge in [-0.15, -0.1) is 0 Å². The maximum atomic E-state index is 11.6. The van der Waals surface area contributed by atoms with Gasteiger partial charge in [-0.25, -0.2) is 0 Å². The number of halogens is 1. The summed E-state index contributed by atoms with van der Waals surface area (Å²) < 4.78 is 0. The van der Waals surface area contributed by atoms with E-state index in [1.54, 1.807) is 0 Å². The molecule has 1 unspecified atom stereocenters. The van der Waals surface area contributed by atoms with Crippen LogP contribution < -0.4 is 5.32 Å². The second-order valence-electron chi connectivity index (χ2n) is 4.74. The zero-order valence-electron chi connectivity index (χ0n) is 11.7. The summed E-state index contributed by atoms with van der Waals surface area (Å²) >= 11 is 6.19. The van der Waals surface area contributed by atoms with Crippen molar-refractivity contribution in [3.05, 3.63) is 64.7 Å². The van der Waals surface area contributed by atoms with Crippen molar-refractivity contribution in [3.63, 3.8) is 0 Å². The van der Waals surface area contributed by atoms with Gasteiger partial charge in [0.1, 0.15) is 0 Å². The summed E-state index contributed by atoms with van der Waals surface area (Å²) in [6.07, 6.45) is 0.531. The van der Waals surface area contributed by atoms with Gasteiger partial charge in [-0.1, -0.05) is 36.7 Å². The monoisotopic (exact) mass is 287 g/mol. The Morgan fingerprint density at radius 3 is 2.40 bits per heavy atom. The second kappa shape index (κ2) is 6.58. The van der Waals surface area contributed by atoms with Gasteiger partial charge in [-0.2, -0.15) is 0 Å². The van der Waals surface area contributed by atoms with Gasteiger partial charge in [0.05, 0.1) is 0 Å². The Morgan fingerprint density at radius 1 is 1.15 bits per heavy atom. The molecule has 0 spiro atoms. The molecule has 2 aromatic rings. The quantitative estimate of drug-likeness (QED) is 0.775. The molecule has 20 heavy (non-hydrogen) atoms. The van der Waals surface area contributed by atoms with Crippen LogP contribution in [0.3, 0.4) is 0 Å². The molecule has 0 aromatic heterocycles. The first-order valence-electron chi connectivity index (χ1n) is 6.76. The topological polar surface area (TPSA) is 29.1 Å². The van der Waals surface area contributed by atoms with E-state index >= 15 is 0 Å². The van der Waals surface area contributed by atoms with Crippen molar-refractivity contribution < 1.29 is 4.79 Å². The van der Waals surface area contributed by atoms with Gasteiger partial charge in [0.15, 0.2) is 5.78 Å². The Labute approximate surface area is 124 Å². The molecule has 0 aliphatic heterocycles. The molecule has 0 radical (unpaired) electrons. The van der Waals surface area contributed by atoms with Crippen LogP contribution in [0.15, 0.2) is 48.5 Å². The van der Waals surface area contributed by atoms with Crippen LogP contribution in [0.25, 0.3) is 0 Å². The van der Waals surface area contributed by atoms with Crippen molar-refractivity contribution in [2.75, 3.05) is 5.32 Å². The minimum absolute atomic E-state index is 0.108. The number of benzene rings is 2. The van der Waals surface area contributed by atoms with E-state index in [9.17, 15) is 4.79 Å². The third kappa shape index (κ3) is 3.40. The molecule has 3 heteroatoms. The van der Waals surface area contributed by atoms with Crippen LogP contribution in [-0.2, 0) is 0 Å². The maximum absolute atomic E-state index is 11.6. The summed E-state index contributed by atoms with van der Waals surface area (Å²) in [7, 11) is 0. The van der Waals surface area contributed by atoms with Gasteiger partial charge in [0.25, 0.3) is 0 Å². The van der Waals surface area contributed by atoms with Crippen LogP contribution in [0.2, 0.25) is 5.02 Å².